The molecule has 0 amide bonds. The van der Waals surface area contributed by atoms with Gasteiger partial charge in [-0.25, -0.2) is 0 Å². The molecule has 0 nitrogen and oxygen atoms in total. The highest BCUT2D eigenvalue weighted by Gasteiger charge is 2.04. The molecule has 1 aromatic heterocycles. The van der Waals surface area contributed by atoms with Crippen molar-refractivity contribution < 1.29 is 0 Å². The average molecular weight is 170 g/mol. The molecule has 1 aliphatic rings. The summed E-state index contributed by atoms with van der Waals surface area (Å²) in [6.45, 7) is 3.85. The molecule has 0 saturated heterocycles. The Kier molecular flexibility index (Phi) is 1.78. The Morgan fingerprint density at radius 3 is 2.58 bits per heavy atom. The van der Waals surface area contributed by atoms with E-state index in [9.17, 15) is 0 Å². The van der Waals surface area contributed by atoms with Crippen LogP contribution in [0.5, 0.6) is 0 Å². The molecule has 0 aromatic carbocycles. The molecule has 0 bridgehead atoms. The summed E-state index contributed by atoms with van der Waals surface area (Å²) in [5.74, 6) is 0. The van der Waals surface area contributed by atoms with Gasteiger partial charge in [-0.1, -0.05) is 24.8 Å². The Bertz CT molecular complexity index is 382. The van der Waals surface area contributed by atoms with Crippen LogP contribution < -0.4 is 4.78 Å². The Morgan fingerprint density at radius 1 is 1.25 bits per heavy atom. The van der Waals surface area contributed by atoms with Crippen LogP contribution in [0.1, 0.15) is 4.88 Å². The standard InChI is InChI=1S/C10H7BS/c1-7-2-3-8(6-7)9-4-5-10(11)12-9/h2-6H,1H2. The molecule has 0 aliphatic heterocycles. The number of rotatable bonds is 1. The third-order valence-corrected chi connectivity index (χ3v) is 2.69. The first-order chi connectivity index (χ1) is 5.75. The minimum absolute atomic E-state index is 0.858. The maximum atomic E-state index is 5.63. The van der Waals surface area contributed by atoms with Gasteiger partial charge < -0.3 is 0 Å². The van der Waals surface area contributed by atoms with Crippen LogP contribution in [0, 0.1) is 0 Å². The van der Waals surface area contributed by atoms with E-state index in [2.05, 4.69) is 18.7 Å². The number of allylic oxidation sites excluding steroid dienone is 5. The summed E-state index contributed by atoms with van der Waals surface area (Å²) in [6, 6.07) is 3.96. The molecule has 0 unspecified atom stereocenters. The van der Waals surface area contributed by atoms with Crippen molar-refractivity contribution in [2.75, 3.05) is 0 Å². The highest BCUT2D eigenvalue weighted by Crippen LogP contribution is 2.25. The number of hydrogen-bond acceptors (Lipinski definition) is 1. The zero-order valence-electron chi connectivity index (χ0n) is 6.58. The Labute approximate surface area is 77.3 Å². The van der Waals surface area contributed by atoms with Gasteiger partial charge in [0.2, 0.25) is 0 Å². The second-order valence-corrected chi connectivity index (χ2v) is 3.83. The summed E-state index contributed by atoms with van der Waals surface area (Å²) in [5, 5.41) is 0. The van der Waals surface area contributed by atoms with Crippen molar-refractivity contribution in [1.29, 1.82) is 0 Å². The van der Waals surface area contributed by atoms with Crippen LogP contribution in [-0.2, 0) is 0 Å². The highest BCUT2D eigenvalue weighted by atomic mass is 32.1. The van der Waals surface area contributed by atoms with Crippen molar-refractivity contribution in [3.05, 3.63) is 47.4 Å². The Balaban J connectivity index is 2.39. The molecule has 2 radical (unpaired) electrons. The quantitative estimate of drug-likeness (QED) is 0.566. The van der Waals surface area contributed by atoms with Crippen LogP contribution in [0.25, 0.3) is 5.57 Å². The van der Waals surface area contributed by atoms with E-state index in [4.69, 9.17) is 7.85 Å². The largest absolute Gasteiger partial charge is 0.152 e. The molecular formula is C10H7BS. The zero-order chi connectivity index (χ0) is 8.55. The molecule has 1 heterocycles. The fourth-order valence-corrected chi connectivity index (χ4v) is 1.92. The lowest BCUT2D eigenvalue weighted by atomic mass is 10.1. The van der Waals surface area contributed by atoms with Crippen LogP contribution in [0.3, 0.4) is 0 Å². The summed E-state index contributed by atoms with van der Waals surface area (Å²) in [5.41, 5.74) is 2.26. The fraction of sp³-hybridized carbons (Fsp3) is 0. The Hall–Kier alpha value is -1.02. The smallest absolute Gasteiger partial charge is 0.128 e. The third-order valence-electron chi connectivity index (χ3n) is 1.73. The second kappa shape index (κ2) is 2.79. The van der Waals surface area contributed by atoms with E-state index in [1.165, 1.54) is 10.5 Å². The minimum Gasteiger partial charge on any atom is -0.152 e. The van der Waals surface area contributed by atoms with Crippen LogP contribution in [0.15, 0.2) is 42.5 Å². The topological polar surface area (TPSA) is 0 Å². The van der Waals surface area contributed by atoms with Crippen LogP contribution in [-0.4, -0.2) is 7.85 Å². The third kappa shape index (κ3) is 1.30. The predicted octanol–water partition coefficient (Wildman–Crippen LogP) is 2.05. The average Bonchev–Trinajstić information content (AvgIpc) is 2.58. The van der Waals surface area contributed by atoms with E-state index >= 15 is 0 Å². The lowest BCUT2D eigenvalue weighted by Crippen LogP contribution is -1.88. The first kappa shape index (κ1) is 7.62. The van der Waals surface area contributed by atoms with E-state index in [0.717, 1.165) is 10.3 Å². The summed E-state index contributed by atoms with van der Waals surface area (Å²) >= 11 is 1.60. The first-order valence-corrected chi connectivity index (χ1v) is 4.52. The molecule has 1 aromatic rings. The maximum Gasteiger partial charge on any atom is 0.128 e. The van der Waals surface area contributed by atoms with Gasteiger partial charge in [-0.15, -0.1) is 0 Å². The van der Waals surface area contributed by atoms with Gasteiger partial charge >= 0.3 is 0 Å². The molecule has 0 atom stereocenters. The van der Waals surface area contributed by atoms with Crippen LogP contribution >= 0.6 is 11.3 Å². The minimum atomic E-state index is 0.858. The van der Waals surface area contributed by atoms with Crippen molar-refractivity contribution in [2.24, 2.45) is 0 Å². The molecule has 2 rings (SSSR count). The lowest BCUT2D eigenvalue weighted by molar-refractivity contribution is 1.84. The van der Waals surface area contributed by atoms with E-state index in [1.54, 1.807) is 11.3 Å². The van der Waals surface area contributed by atoms with Crippen LogP contribution in [0.2, 0.25) is 0 Å². The molecule has 0 fully saturated rings. The molecule has 56 valence electrons. The zero-order valence-corrected chi connectivity index (χ0v) is 7.40. The van der Waals surface area contributed by atoms with E-state index in [-0.39, 0.29) is 0 Å². The van der Waals surface area contributed by atoms with Gasteiger partial charge in [0.25, 0.3) is 0 Å². The lowest BCUT2D eigenvalue weighted by Gasteiger charge is -1.90. The predicted molar refractivity (Wildman–Crippen MR) is 56.0 cm³/mol. The maximum absolute atomic E-state index is 5.63. The van der Waals surface area contributed by atoms with Gasteiger partial charge in [0, 0.05) is 4.88 Å². The van der Waals surface area contributed by atoms with E-state index < -0.39 is 0 Å². The monoisotopic (exact) mass is 170 g/mol. The Morgan fingerprint density at radius 2 is 2.08 bits per heavy atom. The summed E-state index contributed by atoms with van der Waals surface area (Å²) in [6.07, 6.45) is 6.13. The number of hydrogen-bond donors (Lipinski definition) is 0. The summed E-state index contributed by atoms with van der Waals surface area (Å²) < 4.78 is 0.858. The van der Waals surface area contributed by atoms with Crippen molar-refractivity contribution in [1.82, 2.24) is 0 Å². The van der Waals surface area contributed by atoms with Gasteiger partial charge in [0.05, 0.1) is 0 Å². The molecular weight excluding hydrogens is 163 g/mol. The molecule has 0 saturated carbocycles. The van der Waals surface area contributed by atoms with Crippen molar-refractivity contribution in [2.45, 2.75) is 0 Å². The fourth-order valence-electron chi connectivity index (χ4n) is 1.15. The van der Waals surface area contributed by atoms with Crippen LogP contribution in [0.4, 0.5) is 0 Å². The van der Waals surface area contributed by atoms with E-state index in [0.29, 0.717) is 0 Å². The first-order valence-electron chi connectivity index (χ1n) is 3.70. The van der Waals surface area contributed by atoms with Gasteiger partial charge in [-0.2, -0.15) is 11.3 Å². The van der Waals surface area contributed by atoms with Crippen molar-refractivity contribution in [3.63, 3.8) is 0 Å². The van der Waals surface area contributed by atoms with E-state index in [1.807, 2.05) is 18.2 Å². The summed E-state index contributed by atoms with van der Waals surface area (Å²) in [4.78, 5) is 1.21. The molecule has 12 heavy (non-hydrogen) atoms. The van der Waals surface area contributed by atoms with Crippen molar-refractivity contribution in [3.8, 4) is 0 Å². The van der Waals surface area contributed by atoms with Gasteiger partial charge in [-0.05, 0) is 28.1 Å². The molecule has 2 heteroatoms. The highest BCUT2D eigenvalue weighted by molar-refractivity contribution is 7.21. The van der Waals surface area contributed by atoms with Gasteiger partial charge in [0.1, 0.15) is 7.85 Å². The van der Waals surface area contributed by atoms with Gasteiger partial charge in [-0.3, -0.25) is 0 Å². The molecule has 1 aliphatic carbocycles. The van der Waals surface area contributed by atoms with Crippen molar-refractivity contribution >= 4 is 29.5 Å². The van der Waals surface area contributed by atoms with Gasteiger partial charge in [0.15, 0.2) is 0 Å². The number of thiophene rings is 1. The second-order valence-electron chi connectivity index (χ2n) is 2.71. The molecule has 0 N–H and O–H groups in total. The SMILES string of the molecule is [B]c1ccc(C2=CC(=C)C=C2)s1. The molecule has 0 spiro atoms. The normalized spacial score (nSPS) is 15.3. The summed E-state index contributed by atoms with van der Waals surface area (Å²) in [7, 11) is 5.63.